The van der Waals surface area contributed by atoms with Crippen LogP contribution in [0.25, 0.3) is 16.8 Å². The Morgan fingerprint density at radius 3 is 2.57 bits per heavy atom. The van der Waals surface area contributed by atoms with Crippen molar-refractivity contribution >= 4 is 22.8 Å². The fraction of sp³-hybridized carbons (Fsp3) is 0.235. The topological polar surface area (TPSA) is 44.8 Å². The van der Waals surface area contributed by atoms with E-state index in [1.54, 1.807) is 27.2 Å². The average molecular weight is 286 g/mol. The SMILES string of the molecule is CCOC(=O)/C=C/c1c(OC)ccc2ccc(OC)cc12. The fourth-order valence-corrected chi connectivity index (χ4v) is 2.12. The Balaban J connectivity index is 2.54. The van der Waals surface area contributed by atoms with Crippen molar-refractivity contribution < 1.29 is 19.0 Å². The van der Waals surface area contributed by atoms with Crippen LogP contribution in [0.3, 0.4) is 0 Å². The van der Waals surface area contributed by atoms with Crippen molar-refractivity contribution in [3.8, 4) is 11.5 Å². The van der Waals surface area contributed by atoms with Crippen LogP contribution in [0.4, 0.5) is 0 Å². The number of ether oxygens (including phenoxy) is 3. The van der Waals surface area contributed by atoms with E-state index in [2.05, 4.69) is 0 Å². The number of esters is 1. The molecule has 0 saturated carbocycles. The summed E-state index contributed by atoms with van der Waals surface area (Å²) in [7, 11) is 3.22. The molecular weight excluding hydrogens is 268 g/mol. The summed E-state index contributed by atoms with van der Waals surface area (Å²) in [6, 6.07) is 9.63. The predicted molar refractivity (Wildman–Crippen MR) is 82.7 cm³/mol. The lowest BCUT2D eigenvalue weighted by Gasteiger charge is -2.10. The number of rotatable bonds is 5. The predicted octanol–water partition coefficient (Wildman–Crippen LogP) is 3.43. The normalized spacial score (nSPS) is 10.8. The zero-order valence-electron chi connectivity index (χ0n) is 12.4. The molecule has 0 fully saturated rings. The maximum Gasteiger partial charge on any atom is 0.330 e. The Hall–Kier alpha value is -2.49. The second-order valence-electron chi connectivity index (χ2n) is 4.35. The van der Waals surface area contributed by atoms with E-state index in [0.29, 0.717) is 12.4 Å². The maximum absolute atomic E-state index is 11.5. The molecule has 2 aromatic rings. The molecule has 0 aromatic heterocycles. The van der Waals surface area contributed by atoms with Crippen LogP contribution in [-0.4, -0.2) is 26.8 Å². The first-order valence-corrected chi connectivity index (χ1v) is 6.69. The van der Waals surface area contributed by atoms with Crippen molar-refractivity contribution in [2.24, 2.45) is 0 Å². The van der Waals surface area contributed by atoms with E-state index in [0.717, 1.165) is 22.1 Å². The third-order valence-corrected chi connectivity index (χ3v) is 3.12. The lowest BCUT2D eigenvalue weighted by atomic mass is 10.0. The van der Waals surface area contributed by atoms with E-state index in [9.17, 15) is 4.79 Å². The van der Waals surface area contributed by atoms with Gasteiger partial charge in [0.1, 0.15) is 11.5 Å². The third-order valence-electron chi connectivity index (χ3n) is 3.12. The highest BCUT2D eigenvalue weighted by Crippen LogP contribution is 2.31. The highest BCUT2D eigenvalue weighted by atomic mass is 16.5. The Morgan fingerprint density at radius 1 is 1.14 bits per heavy atom. The largest absolute Gasteiger partial charge is 0.497 e. The summed E-state index contributed by atoms with van der Waals surface area (Å²) in [5.74, 6) is 1.07. The number of fused-ring (bicyclic) bond motifs is 1. The molecule has 0 aliphatic carbocycles. The van der Waals surface area contributed by atoms with Crippen molar-refractivity contribution in [3.05, 3.63) is 42.0 Å². The van der Waals surface area contributed by atoms with Gasteiger partial charge in [-0.3, -0.25) is 0 Å². The summed E-state index contributed by atoms with van der Waals surface area (Å²) < 4.78 is 15.5. The van der Waals surface area contributed by atoms with Crippen molar-refractivity contribution in [1.82, 2.24) is 0 Å². The molecule has 0 bridgehead atoms. The van der Waals surface area contributed by atoms with Gasteiger partial charge in [0, 0.05) is 11.6 Å². The first-order chi connectivity index (χ1) is 10.2. The molecule has 0 N–H and O–H groups in total. The number of hydrogen-bond donors (Lipinski definition) is 0. The molecule has 2 rings (SSSR count). The monoisotopic (exact) mass is 286 g/mol. The van der Waals surface area contributed by atoms with E-state index in [1.807, 2.05) is 30.3 Å². The van der Waals surface area contributed by atoms with Crippen molar-refractivity contribution in [3.63, 3.8) is 0 Å². The minimum Gasteiger partial charge on any atom is -0.497 e. The van der Waals surface area contributed by atoms with Crippen LogP contribution < -0.4 is 9.47 Å². The van der Waals surface area contributed by atoms with Gasteiger partial charge in [-0.1, -0.05) is 12.1 Å². The molecule has 0 saturated heterocycles. The molecule has 21 heavy (non-hydrogen) atoms. The van der Waals surface area contributed by atoms with Gasteiger partial charge in [-0.15, -0.1) is 0 Å². The molecule has 0 unspecified atom stereocenters. The Morgan fingerprint density at radius 2 is 1.90 bits per heavy atom. The van der Waals surface area contributed by atoms with Crippen LogP contribution in [0.5, 0.6) is 11.5 Å². The summed E-state index contributed by atoms with van der Waals surface area (Å²) in [6.07, 6.45) is 3.11. The van der Waals surface area contributed by atoms with Gasteiger partial charge in [-0.05, 0) is 42.0 Å². The van der Waals surface area contributed by atoms with Crippen LogP contribution in [0.15, 0.2) is 36.4 Å². The zero-order chi connectivity index (χ0) is 15.2. The summed E-state index contributed by atoms with van der Waals surface area (Å²) in [4.78, 5) is 11.5. The van der Waals surface area contributed by atoms with Gasteiger partial charge in [0.05, 0.1) is 20.8 Å². The second kappa shape index (κ2) is 6.79. The molecule has 4 heteroatoms. The van der Waals surface area contributed by atoms with E-state index in [4.69, 9.17) is 14.2 Å². The van der Waals surface area contributed by atoms with Crippen LogP contribution >= 0.6 is 0 Å². The van der Waals surface area contributed by atoms with Gasteiger partial charge in [0.2, 0.25) is 0 Å². The fourth-order valence-electron chi connectivity index (χ4n) is 2.12. The Labute approximate surface area is 123 Å². The molecule has 0 heterocycles. The van der Waals surface area contributed by atoms with Gasteiger partial charge < -0.3 is 14.2 Å². The van der Waals surface area contributed by atoms with Gasteiger partial charge in [0.15, 0.2) is 0 Å². The standard InChI is InChI=1S/C17H18O4/c1-4-21-17(18)10-8-14-15-11-13(19-2)7-5-12(15)6-9-16(14)20-3/h5-11H,4H2,1-3H3/b10-8+. The number of methoxy groups -OCH3 is 2. The number of carbonyl (C=O) groups is 1. The summed E-state index contributed by atoms with van der Waals surface area (Å²) in [5, 5.41) is 1.99. The van der Waals surface area contributed by atoms with Crippen molar-refractivity contribution in [1.29, 1.82) is 0 Å². The van der Waals surface area contributed by atoms with Gasteiger partial charge in [0.25, 0.3) is 0 Å². The lowest BCUT2D eigenvalue weighted by molar-refractivity contribution is -0.137. The Bertz CT molecular complexity index is 669. The van der Waals surface area contributed by atoms with E-state index in [1.165, 1.54) is 6.08 Å². The minimum absolute atomic E-state index is 0.351. The first kappa shape index (κ1) is 14.9. The first-order valence-electron chi connectivity index (χ1n) is 6.69. The van der Waals surface area contributed by atoms with Crippen LogP contribution in [0.2, 0.25) is 0 Å². The van der Waals surface area contributed by atoms with Gasteiger partial charge in [-0.2, -0.15) is 0 Å². The van der Waals surface area contributed by atoms with Crippen LogP contribution in [0.1, 0.15) is 12.5 Å². The molecule has 0 amide bonds. The number of carbonyl (C=O) groups excluding carboxylic acids is 1. The molecule has 0 radical (unpaired) electrons. The molecule has 0 aliphatic rings. The van der Waals surface area contributed by atoms with E-state index >= 15 is 0 Å². The van der Waals surface area contributed by atoms with E-state index in [-0.39, 0.29) is 5.97 Å². The molecule has 2 aromatic carbocycles. The molecule has 0 spiro atoms. The highest BCUT2D eigenvalue weighted by molar-refractivity contribution is 5.97. The molecular formula is C17H18O4. The van der Waals surface area contributed by atoms with E-state index < -0.39 is 0 Å². The molecule has 0 atom stereocenters. The Kier molecular flexibility index (Phi) is 4.82. The second-order valence-corrected chi connectivity index (χ2v) is 4.35. The van der Waals surface area contributed by atoms with Crippen molar-refractivity contribution in [2.75, 3.05) is 20.8 Å². The van der Waals surface area contributed by atoms with Gasteiger partial charge in [-0.25, -0.2) is 4.79 Å². The lowest BCUT2D eigenvalue weighted by Crippen LogP contribution is -1.99. The molecule has 4 nitrogen and oxygen atoms in total. The zero-order valence-corrected chi connectivity index (χ0v) is 12.4. The van der Waals surface area contributed by atoms with Crippen LogP contribution in [-0.2, 0) is 9.53 Å². The summed E-state index contributed by atoms with van der Waals surface area (Å²) in [5.41, 5.74) is 0.821. The average Bonchev–Trinajstić information content (AvgIpc) is 2.52. The maximum atomic E-state index is 11.5. The summed E-state index contributed by atoms with van der Waals surface area (Å²) in [6.45, 7) is 2.12. The quantitative estimate of drug-likeness (QED) is 0.624. The molecule has 0 aliphatic heterocycles. The van der Waals surface area contributed by atoms with Crippen LogP contribution in [0, 0.1) is 0 Å². The molecule has 110 valence electrons. The minimum atomic E-state index is -0.376. The number of benzene rings is 2. The summed E-state index contributed by atoms with van der Waals surface area (Å²) >= 11 is 0. The van der Waals surface area contributed by atoms with Crippen molar-refractivity contribution in [2.45, 2.75) is 6.92 Å². The van der Waals surface area contributed by atoms with Gasteiger partial charge >= 0.3 is 5.97 Å². The third kappa shape index (κ3) is 3.34. The highest BCUT2D eigenvalue weighted by Gasteiger charge is 2.08. The number of hydrogen-bond acceptors (Lipinski definition) is 4. The smallest absolute Gasteiger partial charge is 0.330 e.